The van der Waals surface area contributed by atoms with Crippen LogP contribution in [-0.4, -0.2) is 43.8 Å². The zero-order valence-electron chi connectivity index (χ0n) is 24.8. The number of phosphoric acid groups is 1. The van der Waals surface area contributed by atoms with Crippen LogP contribution in [0.15, 0.2) is 77.3 Å². The molecular weight excluding hydrogens is 553 g/mol. The topological polar surface area (TPSA) is 152 Å². The van der Waals surface area contributed by atoms with Gasteiger partial charge >= 0.3 is 7.82 Å². The summed E-state index contributed by atoms with van der Waals surface area (Å²) in [6.45, 7) is 1.86. The normalized spacial score (nSPS) is 13.1. The number of benzene rings is 2. The van der Waals surface area contributed by atoms with Gasteiger partial charge in [-0.1, -0.05) is 137 Å². The number of aliphatic hydroxyl groups excluding tert-OH is 1. The van der Waals surface area contributed by atoms with Crippen molar-refractivity contribution in [3.63, 3.8) is 0 Å². The van der Waals surface area contributed by atoms with Gasteiger partial charge in [0, 0.05) is 11.1 Å². The van der Waals surface area contributed by atoms with Crippen molar-refractivity contribution in [2.75, 3.05) is 6.61 Å². The molecule has 0 spiro atoms. The van der Waals surface area contributed by atoms with E-state index in [-0.39, 0.29) is 6.61 Å². The second kappa shape index (κ2) is 21.1. The van der Waals surface area contributed by atoms with E-state index in [0.717, 1.165) is 24.0 Å². The third-order valence-corrected chi connectivity index (χ3v) is 7.15. The highest BCUT2D eigenvalue weighted by molar-refractivity contribution is 7.46. The van der Waals surface area contributed by atoms with E-state index in [2.05, 4.69) is 21.6 Å². The van der Waals surface area contributed by atoms with Crippen LogP contribution in [0.25, 0.3) is 22.8 Å². The van der Waals surface area contributed by atoms with E-state index in [1.165, 1.54) is 64.2 Å². The maximum atomic E-state index is 10.6. The summed E-state index contributed by atoms with van der Waals surface area (Å²) in [6.07, 6.45) is 17.6. The van der Waals surface area contributed by atoms with Crippen LogP contribution in [0.2, 0.25) is 0 Å². The number of rotatable bonds is 19. The fourth-order valence-corrected chi connectivity index (χ4v) is 4.58. The predicted molar refractivity (Wildman–Crippen MR) is 167 cm³/mol. The third-order valence-electron chi connectivity index (χ3n) is 6.66. The van der Waals surface area contributed by atoms with Gasteiger partial charge in [0.1, 0.15) is 0 Å². The summed E-state index contributed by atoms with van der Waals surface area (Å²) in [5.41, 5.74) is 7.49. The van der Waals surface area contributed by atoms with Crippen LogP contribution in [0.3, 0.4) is 0 Å². The highest BCUT2D eigenvalue weighted by atomic mass is 31.2. The van der Waals surface area contributed by atoms with E-state index in [1.54, 1.807) is 6.08 Å². The SMILES string of the molecule is CCCCCCCCCCCCCC=CC(O)C(N)COP(=O)(O)O.c1ccc(-c2noc(-c3ccccc3)n2)cc1. The summed E-state index contributed by atoms with van der Waals surface area (Å²) < 4.78 is 20.1. The Morgan fingerprint density at radius 3 is 1.93 bits per heavy atom. The maximum absolute atomic E-state index is 10.6. The predicted octanol–water partition coefficient (Wildman–Crippen LogP) is 7.44. The molecule has 0 aliphatic rings. The second-order valence-corrected chi connectivity index (χ2v) is 11.6. The number of unbranched alkanes of at least 4 members (excludes halogenated alkanes) is 11. The van der Waals surface area contributed by atoms with E-state index < -0.39 is 20.0 Å². The minimum absolute atomic E-state index is 0.381. The van der Waals surface area contributed by atoms with Crippen molar-refractivity contribution >= 4 is 7.82 Å². The summed E-state index contributed by atoms with van der Waals surface area (Å²) in [5, 5.41) is 13.7. The molecule has 5 N–H and O–H groups in total. The number of nitrogens with zero attached hydrogens (tertiary/aromatic N) is 2. The Hall–Kier alpha value is -2.65. The quantitative estimate of drug-likeness (QED) is 0.0624. The van der Waals surface area contributed by atoms with Crippen molar-refractivity contribution < 1.29 is 28.5 Å². The molecule has 2 aromatic carbocycles. The molecule has 2 unspecified atom stereocenters. The van der Waals surface area contributed by atoms with E-state index in [4.69, 9.17) is 20.0 Å². The van der Waals surface area contributed by atoms with Crippen LogP contribution in [0.5, 0.6) is 0 Å². The molecule has 2 atom stereocenters. The summed E-state index contributed by atoms with van der Waals surface area (Å²) in [6, 6.07) is 18.7. The Balaban J connectivity index is 0.000000311. The number of aliphatic hydroxyl groups is 1. The van der Waals surface area contributed by atoms with Crippen LogP contribution in [0.4, 0.5) is 0 Å². The van der Waals surface area contributed by atoms with E-state index in [1.807, 2.05) is 66.7 Å². The number of hydrogen-bond donors (Lipinski definition) is 4. The standard InChI is InChI=1S/C18H38NO5P.C14H10N2O/c1-2-3-4-5-6-7-8-9-10-11-12-13-14-15-18(20)17(19)16-24-25(21,22)23;1-3-7-11(8-4-1)13-15-14(17-16-13)12-9-5-2-6-10-12/h14-15,17-18,20H,2-13,16,19H2,1H3,(H2,21,22,23);1-10H. The van der Waals surface area contributed by atoms with Crippen molar-refractivity contribution in [2.24, 2.45) is 5.73 Å². The first-order chi connectivity index (χ1) is 20.3. The van der Waals surface area contributed by atoms with Crippen LogP contribution in [-0.2, 0) is 9.09 Å². The van der Waals surface area contributed by atoms with Gasteiger partial charge in [0.25, 0.3) is 5.89 Å². The highest BCUT2D eigenvalue weighted by Crippen LogP contribution is 2.35. The minimum atomic E-state index is -4.53. The van der Waals surface area contributed by atoms with E-state index >= 15 is 0 Å². The van der Waals surface area contributed by atoms with E-state index in [9.17, 15) is 9.67 Å². The zero-order chi connectivity index (χ0) is 30.5. The average molecular weight is 602 g/mol. The first-order valence-corrected chi connectivity index (χ1v) is 16.6. The Morgan fingerprint density at radius 1 is 0.857 bits per heavy atom. The van der Waals surface area contributed by atoms with Gasteiger partial charge in [-0.3, -0.25) is 4.52 Å². The average Bonchev–Trinajstić information content (AvgIpc) is 3.50. The number of nitrogens with two attached hydrogens (primary N) is 1. The van der Waals surface area contributed by atoms with Gasteiger partial charge < -0.3 is 25.2 Å². The first-order valence-electron chi connectivity index (χ1n) is 15.0. The van der Waals surface area contributed by atoms with Gasteiger partial charge in [-0.25, -0.2) is 4.57 Å². The Morgan fingerprint density at radius 2 is 1.38 bits per heavy atom. The number of allylic oxidation sites excluding steroid dienone is 1. The van der Waals surface area contributed by atoms with E-state index in [0.29, 0.717) is 11.7 Å². The third kappa shape index (κ3) is 16.1. The second-order valence-electron chi connectivity index (χ2n) is 10.3. The lowest BCUT2D eigenvalue weighted by molar-refractivity contribution is 0.129. The molecule has 0 amide bonds. The molecule has 0 saturated carbocycles. The Kier molecular flexibility index (Phi) is 17.9. The van der Waals surface area contributed by atoms with Gasteiger partial charge in [-0.15, -0.1) is 0 Å². The number of phosphoric ester groups is 1. The van der Waals surface area contributed by atoms with Crippen molar-refractivity contribution in [2.45, 2.75) is 96.1 Å². The molecule has 1 heterocycles. The summed E-state index contributed by atoms with van der Waals surface area (Å²) in [5.74, 6) is 1.16. The zero-order valence-corrected chi connectivity index (χ0v) is 25.7. The smallest absolute Gasteiger partial charge is 0.387 e. The molecule has 0 aliphatic carbocycles. The molecule has 3 aromatic rings. The van der Waals surface area contributed by atoms with Crippen molar-refractivity contribution in [3.8, 4) is 22.8 Å². The number of aromatic nitrogens is 2. The molecule has 0 saturated heterocycles. The highest BCUT2D eigenvalue weighted by Gasteiger charge is 2.19. The van der Waals surface area contributed by atoms with Gasteiger partial charge in [-0.05, 0) is 25.0 Å². The molecule has 10 heteroatoms. The van der Waals surface area contributed by atoms with Crippen molar-refractivity contribution in [1.29, 1.82) is 0 Å². The molecule has 9 nitrogen and oxygen atoms in total. The van der Waals surface area contributed by atoms with Crippen LogP contribution < -0.4 is 5.73 Å². The molecule has 0 bridgehead atoms. The largest absolute Gasteiger partial charge is 0.469 e. The molecule has 3 rings (SSSR count). The van der Waals surface area contributed by atoms with Gasteiger partial charge in [0.2, 0.25) is 5.82 Å². The van der Waals surface area contributed by atoms with Gasteiger partial charge in [0.05, 0.1) is 18.8 Å². The van der Waals surface area contributed by atoms with Crippen molar-refractivity contribution in [3.05, 3.63) is 72.8 Å². The lowest BCUT2D eigenvalue weighted by atomic mass is 10.0. The monoisotopic (exact) mass is 601 g/mol. The summed E-state index contributed by atoms with van der Waals surface area (Å²) >= 11 is 0. The Labute approximate surface area is 250 Å². The Bertz CT molecular complexity index is 1100. The first kappa shape index (κ1) is 35.5. The molecular formula is C32H48N3O6P. The minimum Gasteiger partial charge on any atom is -0.387 e. The maximum Gasteiger partial charge on any atom is 0.469 e. The summed E-state index contributed by atoms with van der Waals surface area (Å²) in [4.78, 5) is 21.5. The lowest BCUT2D eigenvalue weighted by Crippen LogP contribution is -2.37. The molecule has 0 radical (unpaired) electrons. The van der Waals surface area contributed by atoms with Crippen LogP contribution >= 0.6 is 7.82 Å². The molecule has 42 heavy (non-hydrogen) atoms. The lowest BCUT2D eigenvalue weighted by Gasteiger charge is -2.15. The van der Waals surface area contributed by atoms with Gasteiger partial charge in [0.15, 0.2) is 0 Å². The van der Waals surface area contributed by atoms with Crippen LogP contribution in [0.1, 0.15) is 84.0 Å². The summed E-state index contributed by atoms with van der Waals surface area (Å²) in [7, 11) is -4.53. The van der Waals surface area contributed by atoms with Gasteiger partial charge in [-0.2, -0.15) is 4.98 Å². The van der Waals surface area contributed by atoms with Crippen LogP contribution in [0, 0.1) is 0 Å². The molecule has 232 valence electrons. The van der Waals surface area contributed by atoms with Crippen molar-refractivity contribution in [1.82, 2.24) is 10.1 Å². The molecule has 1 aromatic heterocycles. The molecule has 0 fully saturated rings. The molecule has 0 aliphatic heterocycles. The number of hydrogen-bond acceptors (Lipinski definition) is 7. The fourth-order valence-electron chi connectivity index (χ4n) is 4.21. The fraction of sp³-hybridized carbons (Fsp3) is 0.500.